The molecular weight excluding hydrogens is 330 g/mol. The SMILES string of the molecule is Cc1nnc([C@@]23COC[C@@H]2CN(c2ncc(Cl)c(C)c2C#N)C3)o1. The summed E-state index contributed by atoms with van der Waals surface area (Å²) in [5, 5.41) is 18.2. The molecule has 0 bridgehead atoms. The average molecular weight is 346 g/mol. The van der Waals surface area contributed by atoms with E-state index in [4.69, 9.17) is 20.8 Å². The molecule has 2 atom stereocenters. The van der Waals surface area contributed by atoms with Crippen LogP contribution in [0.15, 0.2) is 10.6 Å². The van der Waals surface area contributed by atoms with Crippen LogP contribution < -0.4 is 4.90 Å². The van der Waals surface area contributed by atoms with Gasteiger partial charge in [-0.05, 0) is 12.5 Å². The van der Waals surface area contributed by atoms with Crippen molar-refractivity contribution in [2.24, 2.45) is 5.92 Å². The molecule has 2 saturated heterocycles. The number of nitrogens with zero attached hydrogens (tertiary/aromatic N) is 5. The van der Waals surface area contributed by atoms with Crippen molar-refractivity contribution in [1.29, 1.82) is 5.26 Å². The van der Waals surface area contributed by atoms with Gasteiger partial charge in [-0.15, -0.1) is 10.2 Å². The first-order valence-corrected chi connectivity index (χ1v) is 8.11. The Morgan fingerprint density at radius 2 is 2.25 bits per heavy atom. The quantitative estimate of drug-likeness (QED) is 0.822. The van der Waals surface area contributed by atoms with Gasteiger partial charge in [-0.2, -0.15) is 5.26 Å². The van der Waals surface area contributed by atoms with Crippen molar-refractivity contribution < 1.29 is 9.15 Å². The van der Waals surface area contributed by atoms with Gasteiger partial charge in [0.2, 0.25) is 11.8 Å². The monoisotopic (exact) mass is 345 g/mol. The summed E-state index contributed by atoms with van der Waals surface area (Å²) in [5.74, 6) is 2.03. The Kier molecular flexibility index (Phi) is 3.48. The topological polar surface area (TPSA) is 88.1 Å². The van der Waals surface area contributed by atoms with Gasteiger partial charge >= 0.3 is 0 Å². The molecule has 124 valence electrons. The lowest BCUT2D eigenvalue weighted by molar-refractivity contribution is 0.166. The van der Waals surface area contributed by atoms with Crippen LogP contribution >= 0.6 is 11.6 Å². The van der Waals surface area contributed by atoms with E-state index in [-0.39, 0.29) is 11.3 Å². The fraction of sp³-hybridized carbons (Fsp3) is 0.500. The van der Waals surface area contributed by atoms with Crippen LogP contribution in [0.2, 0.25) is 5.02 Å². The number of ether oxygens (including phenoxy) is 1. The third-order valence-corrected chi connectivity index (χ3v) is 5.38. The molecule has 2 aromatic heterocycles. The van der Waals surface area contributed by atoms with E-state index in [1.54, 1.807) is 13.1 Å². The summed E-state index contributed by atoms with van der Waals surface area (Å²) < 4.78 is 11.4. The third-order valence-electron chi connectivity index (χ3n) is 4.99. The highest BCUT2D eigenvalue weighted by molar-refractivity contribution is 6.31. The van der Waals surface area contributed by atoms with Gasteiger partial charge in [0, 0.05) is 32.1 Å². The Bertz CT molecular complexity index is 845. The summed E-state index contributed by atoms with van der Waals surface area (Å²) in [6.07, 6.45) is 1.60. The molecule has 7 nitrogen and oxygen atoms in total. The zero-order valence-electron chi connectivity index (χ0n) is 13.4. The van der Waals surface area contributed by atoms with Crippen LogP contribution in [0.4, 0.5) is 5.82 Å². The highest BCUT2D eigenvalue weighted by Crippen LogP contribution is 2.45. The Balaban J connectivity index is 1.74. The first-order chi connectivity index (χ1) is 11.5. The minimum atomic E-state index is -0.344. The fourth-order valence-electron chi connectivity index (χ4n) is 3.64. The number of nitriles is 1. The van der Waals surface area contributed by atoms with Crippen LogP contribution in [0.5, 0.6) is 0 Å². The summed E-state index contributed by atoms with van der Waals surface area (Å²) in [4.78, 5) is 6.52. The van der Waals surface area contributed by atoms with E-state index >= 15 is 0 Å². The first-order valence-electron chi connectivity index (χ1n) is 7.73. The van der Waals surface area contributed by atoms with Gasteiger partial charge in [-0.25, -0.2) is 4.98 Å². The second kappa shape index (κ2) is 5.43. The second-order valence-corrected chi connectivity index (χ2v) is 6.82. The van der Waals surface area contributed by atoms with Gasteiger partial charge in [0.15, 0.2) is 0 Å². The van der Waals surface area contributed by atoms with Crippen LogP contribution in [-0.4, -0.2) is 41.5 Å². The molecule has 0 spiro atoms. The molecule has 0 aliphatic carbocycles. The van der Waals surface area contributed by atoms with Crippen molar-refractivity contribution in [2.45, 2.75) is 19.3 Å². The molecule has 0 unspecified atom stereocenters. The number of pyridine rings is 1. The molecule has 4 heterocycles. The average Bonchev–Trinajstić information content (AvgIpc) is 3.23. The van der Waals surface area contributed by atoms with Crippen LogP contribution in [0.25, 0.3) is 0 Å². The fourth-order valence-corrected chi connectivity index (χ4v) is 3.78. The lowest BCUT2D eigenvalue weighted by Gasteiger charge is -2.24. The van der Waals surface area contributed by atoms with Crippen molar-refractivity contribution in [3.8, 4) is 6.07 Å². The van der Waals surface area contributed by atoms with Gasteiger partial charge in [0.05, 0.1) is 29.2 Å². The van der Waals surface area contributed by atoms with Gasteiger partial charge in [-0.1, -0.05) is 11.6 Å². The Morgan fingerprint density at radius 1 is 1.42 bits per heavy atom. The maximum Gasteiger partial charge on any atom is 0.227 e. The molecular formula is C16H16ClN5O2. The standard InChI is InChI=1S/C16H16ClN5O2/c1-9-12(3-18)14(19-4-13(9)17)22-5-11-6-23-8-16(11,7-22)15-21-20-10(2)24-15/h4,11H,5-8H2,1-2H3/t11-,16-/m0/s1. The van der Waals surface area contributed by atoms with Crippen molar-refractivity contribution in [3.63, 3.8) is 0 Å². The molecule has 0 aromatic carbocycles. The first kappa shape index (κ1) is 15.4. The van der Waals surface area contributed by atoms with Crippen LogP contribution in [-0.2, 0) is 10.2 Å². The normalized spacial score (nSPS) is 25.8. The summed E-state index contributed by atoms with van der Waals surface area (Å²) >= 11 is 6.11. The highest BCUT2D eigenvalue weighted by atomic mass is 35.5. The predicted molar refractivity (Wildman–Crippen MR) is 85.9 cm³/mol. The third kappa shape index (κ3) is 2.10. The van der Waals surface area contributed by atoms with E-state index < -0.39 is 0 Å². The Labute approximate surface area is 144 Å². The summed E-state index contributed by atoms with van der Waals surface area (Å²) in [7, 11) is 0. The van der Waals surface area contributed by atoms with Gasteiger partial charge in [0.1, 0.15) is 11.9 Å². The molecule has 2 aliphatic rings. The number of anilines is 1. The van der Waals surface area contributed by atoms with Crippen LogP contribution in [0.1, 0.15) is 22.9 Å². The Morgan fingerprint density at radius 3 is 2.96 bits per heavy atom. The van der Waals surface area contributed by atoms with E-state index in [1.165, 1.54) is 0 Å². The molecule has 0 radical (unpaired) electrons. The van der Waals surface area contributed by atoms with Crippen molar-refractivity contribution in [3.05, 3.63) is 34.1 Å². The zero-order chi connectivity index (χ0) is 16.9. The number of hydrogen-bond donors (Lipinski definition) is 0. The number of halogens is 1. The summed E-state index contributed by atoms with van der Waals surface area (Å²) in [6, 6.07) is 2.23. The smallest absolute Gasteiger partial charge is 0.227 e. The van der Waals surface area contributed by atoms with Crippen LogP contribution in [0, 0.1) is 31.1 Å². The molecule has 24 heavy (non-hydrogen) atoms. The summed E-state index contributed by atoms with van der Waals surface area (Å²) in [5.41, 5.74) is 0.920. The summed E-state index contributed by atoms with van der Waals surface area (Å²) in [6.45, 7) is 6.13. The molecule has 2 aromatic rings. The van der Waals surface area contributed by atoms with Gasteiger partial charge in [0.25, 0.3) is 0 Å². The lowest BCUT2D eigenvalue weighted by atomic mass is 9.81. The van der Waals surface area contributed by atoms with Crippen molar-refractivity contribution >= 4 is 17.4 Å². The van der Waals surface area contributed by atoms with E-state index in [9.17, 15) is 5.26 Å². The number of rotatable bonds is 2. The molecule has 8 heteroatoms. The van der Waals surface area contributed by atoms with Crippen molar-refractivity contribution in [1.82, 2.24) is 15.2 Å². The molecule has 0 amide bonds. The molecule has 2 aliphatic heterocycles. The molecule has 2 fully saturated rings. The molecule has 0 N–H and O–H groups in total. The minimum Gasteiger partial charge on any atom is -0.425 e. The molecule has 0 saturated carbocycles. The van der Waals surface area contributed by atoms with E-state index in [0.29, 0.717) is 47.9 Å². The number of hydrogen-bond acceptors (Lipinski definition) is 7. The highest BCUT2D eigenvalue weighted by Gasteiger charge is 2.56. The predicted octanol–water partition coefficient (Wildman–Crippen LogP) is 2.01. The maximum absolute atomic E-state index is 9.53. The van der Waals surface area contributed by atoms with Crippen LogP contribution in [0.3, 0.4) is 0 Å². The van der Waals surface area contributed by atoms with E-state index in [0.717, 1.165) is 12.1 Å². The number of aromatic nitrogens is 3. The molecule has 4 rings (SSSR count). The largest absolute Gasteiger partial charge is 0.425 e. The minimum absolute atomic E-state index is 0.224. The maximum atomic E-state index is 9.53. The number of fused-ring (bicyclic) bond motifs is 1. The second-order valence-electron chi connectivity index (χ2n) is 6.42. The van der Waals surface area contributed by atoms with Gasteiger partial charge < -0.3 is 14.1 Å². The van der Waals surface area contributed by atoms with E-state index in [2.05, 4.69) is 26.2 Å². The zero-order valence-corrected chi connectivity index (χ0v) is 14.2. The van der Waals surface area contributed by atoms with Crippen molar-refractivity contribution in [2.75, 3.05) is 31.2 Å². The number of aryl methyl sites for hydroxylation is 1. The lowest BCUT2D eigenvalue weighted by Crippen LogP contribution is -2.36. The Hall–Kier alpha value is -2.17. The van der Waals surface area contributed by atoms with Gasteiger partial charge in [-0.3, -0.25) is 0 Å². The van der Waals surface area contributed by atoms with E-state index in [1.807, 2.05) is 6.92 Å².